The second-order valence-corrected chi connectivity index (χ2v) is 17.9. The smallest absolute Gasteiger partial charge is 0.154 e. The van der Waals surface area contributed by atoms with Crippen LogP contribution in [0.5, 0.6) is 0 Å². The molecule has 8 aromatic carbocycles. The fourth-order valence-electron chi connectivity index (χ4n) is 11.9. The first-order valence-corrected chi connectivity index (χ1v) is 21.7. The van der Waals surface area contributed by atoms with Gasteiger partial charge in [0.1, 0.15) is 0 Å². The molecule has 0 aliphatic heterocycles. The fraction of sp³-hybridized carbons (Fsp3) is 0.153. The lowest BCUT2D eigenvalue weighted by Gasteiger charge is -2.36. The molecule has 12 rings (SSSR count). The summed E-state index contributed by atoms with van der Waals surface area (Å²) in [5.74, 6) is -0.131. The van der Waals surface area contributed by atoms with Gasteiger partial charge in [-0.15, -0.1) is 0 Å². The van der Waals surface area contributed by atoms with Gasteiger partial charge in [-0.25, -0.2) is 0 Å². The van der Waals surface area contributed by atoms with Gasteiger partial charge in [0.2, 0.25) is 0 Å². The molecule has 0 aromatic heterocycles. The van der Waals surface area contributed by atoms with E-state index in [1.807, 2.05) is 0 Å². The summed E-state index contributed by atoms with van der Waals surface area (Å²) in [7, 11) is 0. The Morgan fingerprint density at radius 1 is 0.328 bits per heavy atom. The summed E-state index contributed by atoms with van der Waals surface area (Å²) in [6.07, 6.45) is 2.78. The average molecular weight is 785 g/mol. The zero-order valence-electron chi connectivity index (χ0n) is 34.5. The Morgan fingerprint density at radius 2 is 0.557 bits per heavy atom. The lowest BCUT2D eigenvalue weighted by Crippen LogP contribution is -2.42. The van der Waals surface area contributed by atoms with Crippen molar-refractivity contribution in [2.45, 2.75) is 56.8 Å². The first kappa shape index (κ1) is 36.0. The summed E-state index contributed by atoms with van der Waals surface area (Å²) in [5, 5.41) is 0. The standard InChI is InChI=1S/C59H44O2/c1-58(52-27-11-23-44-40-19-7-3-15-36(40)31-48(44)52,53-28-12-24-45-41-20-8-4-16-37(41)32-49(45)53)56(60)35-57(61)59(2,54-29-13-25-46-42-21-9-5-17-38(42)33-50(46)54)55-30-14-26-47-43-22-10-6-18-39(43)34-51(47)55/h3-30H,31-35H2,1-2H3. The molecular formula is C59H44O2. The number of ketones is 2. The van der Waals surface area contributed by atoms with E-state index in [0.717, 1.165) is 47.9 Å². The highest BCUT2D eigenvalue weighted by molar-refractivity contribution is 6.11. The Bertz CT molecular complexity index is 2790. The third-order valence-corrected chi connectivity index (χ3v) is 15.0. The Labute approximate surface area is 357 Å². The average Bonchev–Trinajstić information content (AvgIpc) is 4.08. The molecule has 4 aliphatic rings. The van der Waals surface area contributed by atoms with Crippen LogP contribution in [-0.4, -0.2) is 11.6 Å². The molecule has 0 atom stereocenters. The van der Waals surface area contributed by atoms with Crippen LogP contribution in [-0.2, 0) is 46.1 Å². The highest BCUT2D eigenvalue weighted by atomic mass is 16.2. The summed E-state index contributed by atoms with van der Waals surface area (Å²) in [6.45, 7) is 4.23. The molecule has 4 aliphatic carbocycles. The molecule has 0 N–H and O–H groups in total. The zero-order valence-corrected chi connectivity index (χ0v) is 34.5. The van der Waals surface area contributed by atoms with Gasteiger partial charge in [0.05, 0.1) is 17.3 Å². The van der Waals surface area contributed by atoms with Gasteiger partial charge in [0.15, 0.2) is 11.6 Å². The third-order valence-electron chi connectivity index (χ3n) is 15.0. The van der Waals surface area contributed by atoms with Crippen molar-refractivity contribution in [2.24, 2.45) is 0 Å². The minimum absolute atomic E-state index is 0.0656. The van der Waals surface area contributed by atoms with Crippen LogP contribution in [0.15, 0.2) is 170 Å². The van der Waals surface area contributed by atoms with Gasteiger partial charge in [-0.2, -0.15) is 0 Å². The van der Waals surface area contributed by atoms with Crippen molar-refractivity contribution in [1.29, 1.82) is 0 Å². The van der Waals surface area contributed by atoms with Crippen LogP contribution in [0.1, 0.15) is 87.0 Å². The monoisotopic (exact) mass is 784 g/mol. The van der Waals surface area contributed by atoms with Crippen molar-refractivity contribution in [2.75, 3.05) is 0 Å². The zero-order chi connectivity index (χ0) is 41.0. The lowest BCUT2D eigenvalue weighted by atomic mass is 9.64. The van der Waals surface area contributed by atoms with Crippen LogP contribution in [0.2, 0.25) is 0 Å². The van der Waals surface area contributed by atoms with Crippen molar-refractivity contribution in [3.8, 4) is 44.5 Å². The van der Waals surface area contributed by atoms with Crippen LogP contribution in [0.4, 0.5) is 0 Å². The largest absolute Gasteiger partial charge is 0.298 e. The van der Waals surface area contributed by atoms with E-state index in [2.05, 4.69) is 184 Å². The van der Waals surface area contributed by atoms with Gasteiger partial charge in [-0.1, -0.05) is 170 Å². The minimum Gasteiger partial charge on any atom is -0.298 e. The molecule has 0 bridgehead atoms. The molecule has 0 fully saturated rings. The third kappa shape index (κ3) is 5.09. The number of carbonyl (C=O) groups is 2. The molecule has 0 radical (unpaired) electrons. The molecule has 292 valence electrons. The summed E-state index contributed by atoms with van der Waals surface area (Å²) >= 11 is 0. The summed E-state index contributed by atoms with van der Waals surface area (Å²) < 4.78 is 0. The Balaban J connectivity index is 1.04. The van der Waals surface area contributed by atoms with Gasteiger partial charge in [0.25, 0.3) is 0 Å². The maximum atomic E-state index is 16.1. The molecule has 2 nitrogen and oxygen atoms in total. The second-order valence-electron chi connectivity index (χ2n) is 17.9. The number of benzene rings is 8. The van der Waals surface area contributed by atoms with Gasteiger partial charge >= 0.3 is 0 Å². The Kier molecular flexibility index (Phi) is 7.85. The van der Waals surface area contributed by atoms with Crippen LogP contribution >= 0.6 is 0 Å². The van der Waals surface area contributed by atoms with E-state index in [4.69, 9.17) is 0 Å². The SMILES string of the molecule is CC(C(=O)CC(=O)C(C)(c1cccc2c1Cc1ccccc1-2)c1cccc2c1Cc1ccccc1-2)(c1cccc2c1Cc1ccccc1-2)c1cccc2c1Cc1ccccc1-2. The maximum Gasteiger partial charge on any atom is 0.154 e. The van der Waals surface area contributed by atoms with Crippen molar-refractivity contribution in [1.82, 2.24) is 0 Å². The van der Waals surface area contributed by atoms with Crippen molar-refractivity contribution in [3.05, 3.63) is 237 Å². The van der Waals surface area contributed by atoms with E-state index < -0.39 is 10.8 Å². The number of hydrogen-bond acceptors (Lipinski definition) is 2. The van der Waals surface area contributed by atoms with E-state index in [1.165, 1.54) is 89.0 Å². The molecule has 0 spiro atoms. The second kappa shape index (κ2) is 13.3. The van der Waals surface area contributed by atoms with Gasteiger partial charge in [-0.05, 0) is 151 Å². The number of carbonyl (C=O) groups excluding carboxylic acids is 2. The predicted octanol–water partition coefficient (Wildman–Crippen LogP) is 12.8. The van der Waals surface area contributed by atoms with Crippen LogP contribution in [0.25, 0.3) is 44.5 Å². The first-order valence-electron chi connectivity index (χ1n) is 21.7. The van der Waals surface area contributed by atoms with Gasteiger partial charge in [0, 0.05) is 0 Å². The fourth-order valence-corrected chi connectivity index (χ4v) is 11.9. The normalized spacial score (nSPS) is 13.7. The first-order chi connectivity index (χ1) is 29.8. The number of Topliss-reactive ketones (excluding diaryl/α,β-unsaturated/α-hetero) is 2. The molecule has 0 unspecified atom stereocenters. The highest BCUT2D eigenvalue weighted by Gasteiger charge is 2.48. The summed E-state index contributed by atoms with van der Waals surface area (Å²) in [5.41, 5.74) is 21.2. The summed E-state index contributed by atoms with van der Waals surface area (Å²) in [4.78, 5) is 32.3. The summed E-state index contributed by atoms with van der Waals surface area (Å²) in [6, 6.07) is 60.3. The molecule has 0 saturated heterocycles. The Morgan fingerprint density at radius 3 is 0.820 bits per heavy atom. The number of rotatable bonds is 8. The molecular weight excluding hydrogens is 741 g/mol. The number of fused-ring (bicyclic) bond motifs is 12. The van der Waals surface area contributed by atoms with E-state index in [0.29, 0.717) is 0 Å². The minimum atomic E-state index is -1.11. The van der Waals surface area contributed by atoms with E-state index in [-0.39, 0.29) is 18.0 Å². The molecule has 0 amide bonds. The molecule has 2 heteroatoms. The van der Waals surface area contributed by atoms with Crippen molar-refractivity contribution >= 4 is 11.6 Å². The maximum absolute atomic E-state index is 16.1. The predicted molar refractivity (Wildman–Crippen MR) is 246 cm³/mol. The molecule has 0 saturated carbocycles. The van der Waals surface area contributed by atoms with E-state index in [9.17, 15) is 0 Å². The molecule has 0 heterocycles. The van der Waals surface area contributed by atoms with Crippen molar-refractivity contribution < 1.29 is 9.59 Å². The topological polar surface area (TPSA) is 34.1 Å². The van der Waals surface area contributed by atoms with Crippen LogP contribution < -0.4 is 0 Å². The Hall–Kier alpha value is -6.90. The molecule has 61 heavy (non-hydrogen) atoms. The van der Waals surface area contributed by atoms with Gasteiger partial charge in [-0.3, -0.25) is 9.59 Å². The number of hydrogen-bond donors (Lipinski definition) is 0. The molecule has 8 aromatic rings. The highest BCUT2D eigenvalue weighted by Crippen LogP contribution is 2.52. The van der Waals surface area contributed by atoms with E-state index in [1.54, 1.807) is 0 Å². The lowest BCUT2D eigenvalue weighted by molar-refractivity contribution is -0.131. The van der Waals surface area contributed by atoms with Crippen LogP contribution in [0.3, 0.4) is 0 Å². The quantitative estimate of drug-likeness (QED) is 0.144. The van der Waals surface area contributed by atoms with Gasteiger partial charge < -0.3 is 0 Å². The van der Waals surface area contributed by atoms with Crippen molar-refractivity contribution in [3.63, 3.8) is 0 Å². The van der Waals surface area contributed by atoms with E-state index >= 15 is 9.59 Å². The van der Waals surface area contributed by atoms with Crippen LogP contribution in [0, 0.1) is 0 Å².